The lowest BCUT2D eigenvalue weighted by Crippen LogP contribution is -2.48. The molecule has 0 amide bonds. The molecular weight excluding hydrogens is 390 g/mol. The van der Waals surface area contributed by atoms with Crippen molar-refractivity contribution < 1.29 is 9.47 Å². The van der Waals surface area contributed by atoms with E-state index in [1.165, 1.54) is 0 Å². The van der Waals surface area contributed by atoms with Crippen LogP contribution in [0.2, 0.25) is 0 Å². The first kappa shape index (κ1) is 21.0. The monoisotopic (exact) mass is 417 g/mol. The minimum atomic E-state index is -0.372. The van der Waals surface area contributed by atoms with E-state index >= 15 is 0 Å². The summed E-state index contributed by atoms with van der Waals surface area (Å²) >= 11 is 0. The van der Waals surface area contributed by atoms with Gasteiger partial charge in [0, 0.05) is 18.0 Å². The average molecular weight is 418 g/mol. The summed E-state index contributed by atoms with van der Waals surface area (Å²) in [4.78, 5) is 16.3. The Balaban J connectivity index is 1.44. The van der Waals surface area contributed by atoms with Crippen LogP contribution in [0.15, 0.2) is 89.9 Å². The molecule has 1 aromatic heterocycles. The molecule has 6 heteroatoms. The van der Waals surface area contributed by atoms with E-state index < -0.39 is 0 Å². The highest BCUT2D eigenvalue weighted by molar-refractivity contribution is 5.28. The Morgan fingerprint density at radius 1 is 0.903 bits per heavy atom. The second-order valence-corrected chi connectivity index (χ2v) is 7.83. The Kier molecular flexibility index (Phi) is 6.60. The summed E-state index contributed by atoms with van der Waals surface area (Å²) in [5.41, 5.74) is 8.48. The fourth-order valence-electron chi connectivity index (χ4n) is 4.10. The van der Waals surface area contributed by atoms with Crippen LogP contribution in [0.4, 0.5) is 5.82 Å². The van der Waals surface area contributed by atoms with Crippen LogP contribution in [-0.2, 0) is 22.7 Å². The molecule has 4 rings (SSSR count). The maximum atomic E-state index is 12.4. The van der Waals surface area contributed by atoms with Gasteiger partial charge in [-0.05, 0) is 22.8 Å². The maximum Gasteiger partial charge on any atom is 0.350 e. The highest BCUT2D eigenvalue weighted by atomic mass is 16.5. The molecule has 0 radical (unpaired) electrons. The van der Waals surface area contributed by atoms with Crippen LogP contribution >= 0.6 is 0 Å². The number of aromatic nitrogens is 2. The molecule has 3 atom stereocenters. The van der Waals surface area contributed by atoms with Crippen LogP contribution in [-0.4, -0.2) is 22.8 Å². The first-order valence-corrected chi connectivity index (χ1v) is 10.4. The van der Waals surface area contributed by atoms with Gasteiger partial charge >= 0.3 is 5.69 Å². The number of nitrogens with two attached hydrogens (primary N) is 1. The predicted octanol–water partition coefficient (Wildman–Crippen LogP) is 3.60. The maximum absolute atomic E-state index is 12.4. The molecule has 1 aliphatic carbocycles. The summed E-state index contributed by atoms with van der Waals surface area (Å²) in [6.07, 6.45) is 1.69. The van der Waals surface area contributed by atoms with Crippen molar-refractivity contribution in [2.45, 2.75) is 19.3 Å². The Bertz CT molecular complexity index is 1070. The van der Waals surface area contributed by atoms with E-state index in [4.69, 9.17) is 15.2 Å². The zero-order valence-electron chi connectivity index (χ0n) is 17.4. The standard InChI is InChI=1S/C25H27N3O3/c1-18-21(16-30-14-19-8-4-2-5-9-19)22(17-31-15-20-10-6-3-7-11-20)24(18)28-13-12-23(26)27-25(28)29/h2-13,21-22,24H,1,14-17H2,(H2,26,27,29)/t21-,22+,24+/m0/s1. The zero-order chi connectivity index (χ0) is 21.6. The number of hydrogen-bond donors (Lipinski definition) is 1. The van der Waals surface area contributed by atoms with Crippen molar-refractivity contribution in [1.29, 1.82) is 0 Å². The summed E-state index contributed by atoms with van der Waals surface area (Å²) < 4.78 is 13.6. The lowest BCUT2D eigenvalue weighted by atomic mass is 9.66. The van der Waals surface area contributed by atoms with E-state index in [1.54, 1.807) is 16.8 Å². The molecule has 1 aliphatic rings. The highest BCUT2D eigenvalue weighted by Gasteiger charge is 2.46. The van der Waals surface area contributed by atoms with Gasteiger partial charge in [0.2, 0.25) is 0 Å². The minimum absolute atomic E-state index is 0.0649. The Morgan fingerprint density at radius 3 is 2.06 bits per heavy atom. The van der Waals surface area contributed by atoms with Gasteiger partial charge < -0.3 is 15.2 Å². The van der Waals surface area contributed by atoms with Gasteiger partial charge in [0.15, 0.2) is 0 Å². The predicted molar refractivity (Wildman–Crippen MR) is 120 cm³/mol. The SMILES string of the molecule is C=C1[C@@H](n2ccc(N)nc2=O)[C@H](COCc2ccccc2)[C@H]1COCc1ccccc1. The van der Waals surface area contributed by atoms with Crippen LogP contribution in [0.25, 0.3) is 0 Å². The lowest BCUT2D eigenvalue weighted by Gasteiger charge is -2.47. The van der Waals surface area contributed by atoms with Gasteiger partial charge in [-0.2, -0.15) is 4.98 Å². The molecule has 160 valence electrons. The number of nitrogen functional groups attached to an aromatic ring is 1. The Morgan fingerprint density at radius 2 is 1.48 bits per heavy atom. The Hall–Kier alpha value is -3.22. The normalized spacial score (nSPS) is 20.4. The van der Waals surface area contributed by atoms with Gasteiger partial charge in [-0.3, -0.25) is 4.57 Å². The van der Waals surface area contributed by atoms with E-state index in [9.17, 15) is 4.79 Å². The molecule has 0 unspecified atom stereocenters. The smallest absolute Gasteiger partial charge is 0.350 e. The van der Waals surface area contributed by atoms with E-state index in [1.807, 2.05) is 60.7 Å². The summed E-state index contributed by atoms with van der Waals surface area (Å²) in [6, 6.07) is 21.6. The molecule has 0 aliphatic heterocycles. The molecule has 0 spiro atoms. The summed E-state index contributed by atoms with van der Waals surface area (Å²) in [5, 5.41) is 0. The number of benzene rings is 2. The van der Waals surface area contributed by atoms with Gasteiger partial charge in [0.1, 0.15) is 5.82 Å². The van der Waals surface area contributed by atoms with E-state index in [-0.39, 0.29) is 29.4 Å². The van der Waals surface area contributed by atoms with Crippen molar-refractivity contribution in [2.75, 3.05) is 18.9 Å². The van der Waals surface area contributed by atoms with E-state index in [0.717, 1.165) is 16.7 Å². The first-order chi connectivity index (χ1) is 15.1. The Labute approximate surface area is 182 Å². The van der Waals surface area contributed by atoms with Gasteiger partial charge in [0.25, 0.3) is 0 Å². The molecule has 3 aromatic rings. The molecule has 0 bridgehead atoms. The molecule has 0 saturated heterocycles. The summed E-state index contributed by atoms with van der Waals surface area (Å²) in [6.45, 7) is 6.33. The molecule has 1 saturated carbocycles. The van der Waals surface area contributed by atoms with Crippen molar-refractivity contribution in [3.63, 3.8) is 0 Å². The quantitative estimate of drug-likeness (QED) is 0.538. The van der Waals surface area contributed by atoms with Crippen LogP contribution in [0.3, 0.4) is 0 Å². The second-order valence-electron chi connectivity index (χ2n) is 7.83. The first-order valence-electron chi connectivity index (χ1n) is 10.4. The third-order valence-corrected chi connectivity index (χ3v) is 5.76. The van der Waals surface area contributed by atoms with Crippen molar-refractivity contribution in [3.05, 3.63) is 107 Å². The molecule has 1 fully saturated rings. The van der Waals surface area contributed by atoms with Gasteiger partial charge in [-0.25, -0.2) is 4.79 Å². The van der Waals surface area contributed by atoms with Crippen LogP contribution in [0.1, 0.15) is 17.2 Å². The second kappa shape index (κ2) is 9.73. The number of hydrogen-bond acceptors (Lipinski definition) is 5. The zero-order valence-corrected chi connectivity index (χ0v) is 17.4. The third-order valence-electron chi connectivity index (χ3n) is 5.76. The fraction of sp³-hybridized carbons (Fsp3) is 0.280. The molecule has 2 aromatic carbocycles. The molecule has 31 heavy (non-hydrogen) atoms. The van der Waals surface area contributed by atoms with Crippen molar-refractivity contribution in [2.24, 2.45) is 11.8 Å². The van der Waals surface area contributed by atoms with Gasteiger partial charge in [-0.1, -0.05) is 67.2 Å². The molecular formula is C25H27N3O3. The largest absolute Gasteiger partial charge is 0.383 e. The highest BCUT2D eigenvalue weighted by Crippen LogP contribution is 2.48. The van der Waals surface area contributed by atoms with E-state index in [0.29, 0.717) is 26.4 Å². The number of rotatable bonds is 9. The molecule has 6 nitrogen and oxygen atoms in total. The van der Waals surface area contributed by atoms with Crippen LogP contribution in [0.5, 0.6) is 0 Å². The van der Waals surface area contributed by atoms with Gasteiger partial charge in [0.05, 0.1) is 32.5 Å². The summed E-state index contributed by atoms with van der Waals surface area (Å²) in [7, 11) is 0. The van der Waals surface area contributed by atoms with E-state index in [2.05, 4.69) is 11.6 Å². The van der Waals surface area contributed by atoms with Crippen LogP contribution in [0, 0.1) is 11.8 Å². The molecule has 1 heterocycles. The van der Waals surface area contributed by atoms with Crippen molar-refractivity contribution >= 4 is 5.82 Å². The minimum Gasteiger partial charge on any atom is -0.383 e. The van der Waals surface area contributed by atoms with Crippen molar-refractivity contribution in [3.8, 4) is 0 Å². The lowest BCUT2D eigenvalue weighted by molar-refractivity contribution is -0.0180. The van der Waals surface area contributed by atoms with Crippen LogP contribution < -0.4 is 11.4 Å². The number of ether oxygens (including phenoxy) is 2. The van der Waals surface area contributed by atoms with Gasteiger partial charge in [-0.15, -0.1) is 0 Å². The average Bonchev–Trinajstić information content (AvgIpc) is 2.79. The topological polar surface area (TPSA) is 79.4 Å². The fourth-order valence-corrected chi connectivity index (χ4v) is 4.10. The van der Waals surface area contributed by atoms with Crippen molar-refractivity contribution in [1.82, 2.24) is 9.55 Å². The molecule has 2 N–H and O–H groups in total. The number of nitrogens with zero attached hydrogens (tertiary/aromatic N) is 2. The summed E-state index contributed by atoms with van der Waals surface area (Å²) in [5.74, 6) is 0.384. The third kappa shape index (κ3) is 4.93. The number of anilines is 1.